The van der Waals surface area contributed by atoms with Crippen LogP contribution >= 0.6 is 24.0 Å². The Morgan fingerprint density at radius 3 is 2.37 bits per heavy atom. The van der Waals surface area contributed by atoms with Gasteiger partial charge in [-0.15, -0.1) is 24.0 Å². The maximum absolute atomic E-state index is 11.9. The van der Waals surface area contributed by atoms with Crippen molar-refractivity contribution in [2.75, 3.05) is 39.9 Å². The van der Waals surface area contributed by atoms with E-state index in [0.717, 1.165) is 36.8 Å². The number of ether oxygens (including phenoxy) is 2. The first kappa shape index (κ1) is 28.3. The Hall–Kier alpha value is -1.71. The van der Waals surface area contributed by atoms with Gasteiger partial charge in [0.05, 0.1) is 13.7 Å². The zero-order chi connectivity index (χ0) is 21.7. The third-order valence-electron chi connectivity index (χ3n) is 4.15. The number of nitrogens with zero attached hydrogens (tertiary/aromatic N) is 1. The fourth-order valence-corrected chi connectivity index (χ4v) is 2.58. The molecule has 172 valence electrons. The minimum Gasteiger partial charge on any atom is -0.493 e. The Morgan fingerprint density at radius 2 is 1.77 bits per heavy atom. The van der Waals surface area contributed by atoms with Crippen molar-refractivity contribution < 1.29 is 14.3 Å². The summed E-state index contributed by atoms with van der Waals surface area (Å²) in [6.45, 7) is 13.0. The van der Waals surface area contributed by atoms with Crippen molar-refractivity contribution in [3.8, 4) is 11.5 Å². The molecule has 0 aliphatic rings. The molecule has 0 aromatic heterocycles. The Balaban J connectivity index is 0.00000841. The van der Waals surface area contributed by atoms with Gasteiger partial charge in [0.15, 0.2) is 17.5 Å². The summed E-state index contributed by atoms with van der Waals surface area (Å²) in [5.41, 5.74) is 0.828. The summed E-state index contributed by atoms with van der Waals surface area (Å²) in [6, 6.07) is 6.04. The lowest BCUT2D eigenvalue weighted by Crippen LogP contribution is -2.43. The van der Waals surface area contributed by atoms with Crippen molar-refractivity contribution in [3.05, 3.63) is 23.8 Å². The van der Waals surface area contributed by atoms with E-state index in [4.69, 9.17) is 9.47 Å². The molecule has 1 aromatic carbocycles. The second-order valence-corrected chi connectivity index (χ2v) is 7.72. The van der Waals surface area contributed by atoms with Crippen LogP contribution in [0.15, 0.2) is 23.2 Å². The molecule has 30 heavy (non-hydrogen) atoms. The molecule has 0 unspecified atom stereocenters. The number of benzene rings is 1. The monoisotopic (exact) mass is 534 g/mol. The number of methoxy groups -OCH3 is 1. The van der Waals surface area contributed by atoms with E-state index in [1.165, 1.54) is 5.56 Å². The van der Waals surface area contributed by atoms with Gasteiger partial charge < -0.3 is 25.4 Å². The molecular weight excluding hydrogens is 495 g/mol. The molecule has 0 heterocycles. The largest absolute Gasteiger partial charge is 0.493 e. The van der Waals surface area contributed by atoms with Crippen LogP contribution in [0.1, 0.15) is 46.6 Å². The Morgan fingerprint density at radius 1 is 1.07 bits per heavy atom. The van der Waals surface area contributed by atoms with Gasteiger partial charge in [-0.2, -0.15) is 0 Å². The Labute approximate surface area is 198 Å². The number of carbonyl (C=O) groups excluding carboxylic acids is 1. The zero-order valence-corrected chi connectivity index (χ0v) is 21.6. The summed E-state index contributed by atoms with van der Waals surface area (Å²) in [7, 11) is 1.65. The molecule has 0 saturated heterocycles. The van der Waals surface area contributed by atoms with E-state index in [0.29, 0.717) is 26.2 Å². The second kappa shape index (κ2) is 15.1. The SMILES string of the molecule is CCNC(=NCCCc1ccc(OC)c(OCC)c1)NCCNC(=O)C(C)(C)C.I. The fraction of sp³-hybridized carbons (Fsp3) is 0.636. The summed E-state index contributed by atoms with van der Waals surface area (Å²) in [5.74, 6) is 2.35. The Bertz CT molecular complexity index is 660. The van der Waals surface area contributed by atoms with Crippen molar-refractivity contribution in [2.45, 2.75) is 47.5 Å². The number of guanidine groups is 1. The highest BCUT2D eigenvalue weighted by atomic mass is 127. The summed E-state index contributed by atoms with van der Waals surface area (Å²) in [5, 5.41) is 9.41. The highest BCUT2D eigenvalue weighted by Gasteiger charge is 2.20. The average Bonchev–Trinajstić information content (AvgIpc) is 2.67. The van der Waals surface area contributed by atoms with Gasteiger partial charge in [-0.25, -0.2) is 0 Å². The number of hydrogen-bond donors (Lipinski definition) is 3. The van der Waals surface area contributed by atoms with Gasteiger partial charge in [0.1, 0.15) is 0 Å². The van der Waals surface area contributed by atoms with Crippen LogP contribution in [-0.2, 0) is 11.2 Å². The van der Waals surface area contributed by atoms with Gasteiger partial charge in [0.25, 0.3) is 0 Å². The number of aryl methyl sites for hydroxylation is 1. The molecular formula is C22H39IN4O3. The maximum Gasteiger partial charge on any atom is 0.225 e. The molecule has 0 aliphatic carbocycles. The first-order valence-electron chi connectivity index (χ1n) is 10.4. The highest BCUT2D eigenvalue weighted by Crippen LogP contribution is 2.28. The van der Waals surface area contributed by atoms with Gasteiger partial charge in [0, 0.05) is 31.6 Å². The minimum absolute atomic E-state index is 0. The fourth-order valence-electron chi connectivity index (χ4n) is 2.58. The average molecular weight is 534 g/mol. The number of rotatable bonds is 11. The number of carbonyl (C=O) groups is 1. The molecule has 1 amide bonds. The molecule has 0 spiro atoms. The molecule has 0 saturated carbocycles. The van der Waals surface area contributed by atoms with Gasteiger partial charge >= 0.3 is 0 Å². The first-order valence-corrected chi connectivity index (χ1v) is 10.4. The van der Waals surface area contributed by atoms with Gasteiger partial charge in [-0.05, 0) is 44.4 Å². The molecule has 7 nitrogen and oxygen atoms in total. The van der Waals surface area contributed by atoms with Crippen molar-refractivity contribution in [1.82, 2.24) is 16.0 Å². The minimum atomic E-state index is -0.373. The van der Waals surface area contributed by atoms with Gasteiger partial charge in [-0.3, -0.25) is 9.79 Å². The number of nitrogens with one attached hydrogen (secondary N) is 3. The topological polar surface area (TPSA) is 84.0 Å². The van der Waals surface area contributed by atoms with E-state index in [2.05, 4.69) is 27.0 Å². The summed E-state index contributed by atoms with van der Waals surface area (Å²) in [6.07, 6.45) is 1.84. The van der Waals surface area contributed by atoms with E-state index < -0.39 is 0 Å². The van der Waals surface area contributed by atoms with E-state index in [-0.39, 0.29) is 35.3 Å². The molecule has 0 fully saturated rings. The van der Waals surface area contributed by atoms with Crippen LogP contribution in [0.5, 0.6) is 11.5 Å². The normalized spacial score (nSPS) is 11.3. The predicted octanol–water partition coefficient (Wildman–Crippen LogP) is 3.36. The van der Waals surface area contributed by atoms with Crippen LogP contribution in [0.3, 0.4) is 0 Å². The summed E-state index contributed by atoms with van der Waals surface area (Å²) in [4.78, 5) is 16.5. The maximum atomic E-state index is 11.9. The highest BCUT2D eigenvalue weighted by molar-refractivity contribution is 14.0. The second-order valence-electron chi connectivity index (χ2n) is 7.72. The van der Waals surface area contributed by atoms with E-state index in [1.807, 2.05) is 46.8 Å². The molecule has 0 atom stereocenters. The van der Waals surface area contributed by atoms with Crippen LogP contribution < -0.4 is 25.4 Å². The summed E-state index contributed by atoms with van der Waals surface area (Å²) >= 11 is 0. The first-order chi connectivity index (χ1) is 13.8. The van der Waals surface area contributed by atoms with Crippen molar-refractivity contribution in [1.29, 1.82) is 0 Å². The summed E-state index contributed by atoms with van der Waals surface area (Å²) < 4.78 is 11.0. The number of aliphatic imine (C=N–C) groups is 1. The number of hydrogen-bond acceptors (Lipinski definition) is 4. The lowest BCUT2D eigenvalue weighted by atomic mass is 9.96. The van der Waals surface area contributed by atoms with E-state index in [9.17, 15) is 4.79 Å². The molecule has 1 rings (SSSR count). The quantitative estimate of drug-likeness (QED) is 0.176. The van der Waals surface area contributed by atoms with Gasteiger partial charge in [-0.1, -0.05) is 26.8 Å². The third-order valence-corrected chi connectivity index (χ3v) is 4.15. The standard InChI is InChI=1S/C22H38N4O3.HI/c1-7-23-21(26-15-14-24-20(27)22(3,4)5)25-13-9-10-17-11-12-18(28-6)19(16-17)29-8-2;/h11-12,16H,7-10,13-15H2,1-6H3,(H,24,27)(H2,23,25,26);1H. The smallest absolute Gasteiger partial charge is 0.225 e. The van der Waals surface area contributed by atoms with E-state index >= 15 is 0 Å². The van der Waals surface area contributed by atoms with Crippen LogP contribution in [0.25, 0.3) is 0 Å². The molecule has 3 N–H and O–H groups in total. The van der Waals surface area contributed by atoms with Crippen LogP contribution in [0, 0.1) is 5.41 Å². The molecule has 0 bridgehead atoms. The van der Waals surface area contributed by atoms with Crippen molar-refractivity contribution >= 4 is 35.8 Å². The van der Waals surface area contributed by atoms with Crippen LogP contribution in [0.4, 0.5) is 0 Å². The third kappa shape index (κ3) is 10.9. The molecule has 0 radical (unpaired) electrons. The lowest BCUT2D eigenvalue weighted by Gasteiger charge is -2.18. The molecule has 1 aromatic rings. The number of halogens is 1. The van der Waals surface area contributed by atoms with E-state index in [1.54, 1.807) is 7.11 Å². The number of amides is 1. The molecule has 8 heteroatoms. The molecule has 0 aliphatic heterocycles. The Kier molecular flexibility index (Phi) is 14.3. The van der Waals surface area contributed by atoms with Crippen LogP contribution in [0.2, 0.25) is 0 Å². The van der Waals surface area contributed by atoms with Crippen LogP contribution in [-0.4, -0.2) is 51.8 Å². The lowest BCUT2D eigenvalue weighted by molar-refractivity contribution is -0.128. The van der Waals surface area contributed by atoms with Crippen molar-refractivity contribution in [2.24, 2.45) is 10.4 Å². The predicted molar refractivity (Wildman–Crippen MR) is 134 cm³/mol. The van der Waals surface area contributed by atoms with Gasteiger partial charge in [0.2, 0.25) is 5.91 Å². The van der Waals surface area contributed by atoms with Crippen molar-refractivity contribution in [3.63, 3.8) is 0 Å². The zero-order valence-electron chi connectivity index (χ0n) is 19.3.